The number of nitrogens with zero attached hydrogens (tertiary/aromatic N) is 1. The molecule has 1 heterocycles. The fourth-order valence-electron chi connectivity index (χ4n) is 2.56. The summed E-state index contributed by atoms with van der Waals surface area (Å²) in [6.07, 6.45) is 2.81. The summed E-state index contributed by atoms with van der Waals surface area (Å²) in [4.78, 5) is 13.7. The van der Waals surface area contributed by atoms with Gasteiger partial charge in [-0.2, -0.15) is 0 Å². The maximum atomic E-state index is 12.0. The van der Waals surface area contributed by atoms with Gasteiger partial charge in [0.15, 0.2) is 0 Å². The second-order valence-electron chi connectivity index (χ2n) is 5.32. The summed E-state index contributed by atoms with van der Waals surface area (Å²) in [6.45, 7) is 2.99. The van der Waals surface area contributed by atoms with Gasteiger partial charge in [0, 0.05) is 11.4 Å². The molecule has 1 aromatic carbocycles. The van der Waals surface area contributed by atoms with E-state index in [2.05, 4.69) is 0 Å². The van der Waals surface area contributed by atoms with E-state index in [9.17, 15) is 9.90 Å². The van der Waals surface area contributed by atoms with Crippen LogP contribution in [0, 0.1) is 0 Å². The van der Waals surface area contributed by atoms with Crippen molar-refractivity contribution in [3.8, 4) is 0 Å². The Morgan fingerprint density at radius 3 is 2.74 bits per heavy atom. The molecule has 0 radical (unpaired) electrons. The highest BCUT2D eigenvalue weighted by Gasteiger charge is 2.42. The molecule has 2 rings (SSSR count). The highest BCUT2D eigenvalue weighted by molar-refractivity contribution is 6.31. The Bertz CT molecular complexity index is 455. The van der Waals surface area contributed by atoms with Crippen LogP contribution in [0.25, 0.3) is 0 Å². The van der Waals surface area contributed by atoms with Crippen molar-refractivity contribution in [3.05, 3.63) is 34.9 Å². The molecule has 19 heavy (non-hydrogen) atoms. The fourth-order valence-corrected chi connectivity index (χ4v) is 2.80. The molecule has 1 N–H and O–H groups in total. The standard InChI is InChI=1S/C15H20ClNO2/c1-2-9-15(19)10-17(11-15)14(18)8-7-12-5-3-4-6-13(12)16/h3-6,19H,2,7-11H2,1H3. The molecule has 0 bridgehead atoms. The minimum Gasteiger partial charge on any atom is -0.386 e. The first kappa shape index (κ1) is 14.4. The van der Waals surface area contributed by atoms with Gasteiger partial charge >= 0.3 is 0 Å². The second-order valence-corrected chi connectivity index (χ2v) is 5.72. The van der Waals surface area contributed by atoms with E-state index in [-0.39, 0.29) is 5.91 Å². The molecule has 1 saturated heterocycles. The van der Waals surface area contributed by atoms with Crippen LogP contribution in [0.5, 0.6) is 0 Å². The van der Waals surface area contributed by atoms with Crippen molar-refractivity contribution in [2.75, 3.05) is 13.1 Å². The predicted octanol–water partition coefficient (Wildman–Crippen LogP) is 2.65. The molecule has 0 atom stereocenters. The monoisotopic (exact) mass is 281 g/mol. The Hall–Kier alpha value is -1.06. The summed E-state index contributed by atoms with van der Waals surface area (Å²) in [7, 11) is 0. The van der Waals surface area contributed by atoms with Crippen LogP contribution >= 0.6 is 11.6 Å². The summed E-state index contributed by atoms with van der Waals surface area (Å²) in [5.41, 5.74) is 0.358. The van der Waals surface area contributed by atoms with E-state index in [0.717, 1.165) is 18.4 Å². The first-order chi connectivity index (χ1) is 9.04. The maximum Gasteiger partial charge on any atom is 0.223 e. The molecule has 3 nitrogen and oxygen atoms in total. The van der Waals surface area contributed by atoms with Crippen molar-refractivity contribution in [2.45, 2.75) is 38.2 Å². The zero-order valence-electron chi connectivity index (χ0n) is 11.2. The number of hydrogen-bond acceptors (Lipinski definition) is 2. The Balaban J connectivity index is 1.79. The third-order valence-corrected chi connectivity index (χ3v) is 3.97. The summed E-state index contributed by atoms with van der Waals surface area (Å²) < 4.78 is 0. The average Bonchev–Trinajstić information content (AvgIpc) is 2.35. The van der Waals surface area contributed by atoms with Gasteiger partial charge in [-0.05, 0) is 24.5 Å². The number of benzene rings is 1. The lowest BCUT2D eigenvalue weighted by molar-refractivity contribution is -0.156. The number of aliphatic hydroxyl groups is 1. The van der Waals surface area contributed by atoms with Crippen molar-refractivity contribution < 1.29 is 9.90 Å². The van der Waals surface area contributed by atoms with Gasteiger partial charge in [-0.3, -0.25) is 4.79 Å². The zero-order chi connectivity index (χ0) is 13.9. The number of amides is 1. The SMILES string of the molecule is CCCC1(O)CN(C(=O)CCc2ccccc2Cl)C1. The molecule has 4 heteroatoms. The van der Waals surface area contributed by atoms with Crippen LogP contribution in [-0.2, 0) is 11.2 Å². The Kier molecular flexibility index (Phi) is 4.48. The molecule has 104 valence electrons. The molecule has 0 aromatic heterocycles. The summed E-state index contributed by atoms with van der Waals surface area (Å²) in [5, 5.41) is 10.8. The first-order valence-electron chi connectivity index (χ1n) is 6.77. The van der Waals surface area contributed by atoms with E-state index in [0.29, 0.717) is 31.0 Å². The molecule has 1 aliphatic heterocycles. The Morgan fingerprint density at radius 2 is 2.11 bits per heavy atom. The number of rotatable bonds is 5. The quantitative estimate of drug-likeness (QED) is 0.901. The van der Waals surface area contributed by atoms with Crippen molar-refractivity contribution in [2.24, 2.45) is 0 Å². The van der Waals surface area contributed by atoms with Crippen LogP contribution in [-0.4, -0.2) is 34.6 Å². The largest absolute Gasteiger partial charge is 0.386 e. The third kappa shape index (κ3) is 3.48. The van der Waals surface area contributed by atoms with Gasteiger partial charge < -0.3 is 10.0 Å². The lowest BCUT2D eigenvalue weighted by atomic mass is 9.89. The lowest BCUT2D eigenvalue weighted by Crippen LogP contribution is -2.63. The van der Waals surface area contributed by atoms with E-state index in [4.69, 9.17) is 11.6 Å². The minimum absolute atomic E-state index is 0.0979. The molecular formula is C15H20ClNO2. The number of β-amino-alcohol motifs (C(OH)–C–C–N with tert-alkyl or cyclic N) is 1. The number of aryl methyl sites for hydroxylation is 1. The number of hydrogen-bond donors (Lipinski definition) is 1. The van der Waals surface area contributed by atoms with Crippen molar-refractivity contribution in [1.82, 2.24) is 4.90 Å². The molecule has 1 fully saturated rings. The third-order valence-electron chi connectivity index (χ3n) is 3.60. The first-order valence-corrected chi connectivity index (χ1v) is 7.15. The molecule has 1 aliphatic rings. The number of halogens is 1. The Labute approximate surface area is 119 Å². The van der Waals surface area contributed by atoms with E-state index in [1.54, 1.807) is 4.90 Å². The maximum absolute atomic E-state index is 12.0. The summed E-state index contributed by atoms with van der Waals surface area (Å²) in [6, 6.07) is 7.59. The van der Waals surface area contributed by atoms with Crippen LogP contribution < -0.4 is 0 Å². The van der Waals surface area contributed by atoms with Gasteiger partial charge in [-0.1, -0.05) is 43.1 Å². The van der Waals surface area contributed by atoms with Gasteiger partial charge in [0.2, 0.25) is 5.91 Å². The minimum atomic E-state index is -0.644. The number of likely N-dealkylation sites (tertiary alicyclic amines) is 1. The Morgan fingerprint density at radius 1 is 1.42 bits per heavy atom. The zero-order valence-corrected chi connectivity index (χ0v) is 12.0. The summed E-state index contributed by atoms with van der Waals surface area (Å²) >= 11 is 6.06. The molecule has 1 amide bonds. The summed E-state index contributed by atoms with van der Waals surface area (Å²) in [5.74, 6) is 0.0979. The molecular weight excluding hydrogens is 262 g/mol. The van der Waals surface area contributed by atoms with E-state index < -0.39 is 5.60 Å². The molecule has 1 aromatic rings. The van der Waals surface area contributed by atoms with E-state index in [1.807, 2.05) is 31.2 Å². The van der Waals surface area contributed by atoms with Gasteiger partial charge in [-0.25, -0.2) is 0 Å². The predicted molar refractivity (Wildman–Crippen MR) is 76.2 cm³/mol. The van der Waals surface area contributed by atoms with Crippen molar-refractivity contribution in [3.63, 3.8) is 0 Å². The molecule has 0 spiro atoms. The molecule has 0 aliphatic carbocycles. The van der Waals surface area contributed by atoms with Crippen LogP contribution in [0.1, 0.15) is 31.7 Å². The van der Waals surface area contributed by atoms with Gasteiger partial charge in [0.25, 0.3) is 0 Å². The van der Waals surface area contributed by atoms with Crippen molar-refractivity contribution >= 4 is 17.5 Å². The number of carbonyl (C=O) groups is 1. The highest BCUT2D eigenvalue weighted by Crippen LogP contribution is 2.26. The topological polar surface area (TPSA) is 40.5 Å². The normalized spacial score (nSPS) is 17.1. The van der Waals surface area contributed by atoms with E-state index in [1.165, 1.54) is 0 Å². The van der Waals surface area contributed by atoms with Crippen molar-refractivity contribution in [1.29, 1.82) is 0 Å². The average molecular weight is 282 g/mol. The van der Waals surface area contributed by atoms with E-state index >= 15 is 0 Å². The van der Waals surface area contributed by atoms with Crippen LogP contribution in [0.15, 0.2) is 24.3 Å². The van der Waals surface area contributed by atoms with Gasteiger partial charge in [-0.15, -0.1) is 0 Å². The molecule has 0 saturated carbocycles. The van der Waals surface area contributed by atoms with Crippen LogP contribution in [0.3, 0.4) is 0 Å². The lowest BCUT2D eigenvalue weighted by Gasteiger charge is -2.46. The second kappa shape index (κ2) is 5.93. The van der Waals surface area contributed by atoms with Crippen LogP contribution in [0.4, 0.5) is 0 Å². The smallest absolute Gasteiger partial charge is 0.223 e. The van der Waals surface area contributed by atoms with Gasteiger partial charge in [0.05, 0.1) is 18.7 Å². The highest BCUT2D eigenvalue weighted by atomic mass is 35.5. The molecule has 0 unspecified atom stereocenters. The van der Waals surface area contributed by atoms with Gasteiger partial charge in [0.1, 0.15) is 0 Å². The number of carbonyl (C=O) groups excluding carboxylic acids is 1. The van der Waals surface area contributed by atoms with Crippen LogP contribution in [0.2, 0.25) is 5.02 Å². The fraction of sp³-hybridized carbons (Fsp3) is 0.533.